The Morgan fingerprint density at radius 1 is 1.38 bits per heavy atom. The lowest BCUT2D eigenvalue weighted by atomic mass is 10.2. The zero-order valence-corrected chi connectivity index (χ0v) is 13.8. The molecule has 0 bridgehead atoms. The van der Waals surface area contributed by atoms with E-state index in [1.165, 1.54) is 6.20 Å². The molecule has 7 nitrogen and oxygen atoms in total. The Balaban J connectivity index is 2.35. The Hall–Kier alpha value is -1.92. The highest BCUT2D eigenvalue weighted by Crippen LogP contribution is 2.35. The van der Waals surface area contributed by atoms with E-state index in [2.05, 4.69) is 10.3 Å². The fourth-order valence-electron chi connectivity index (χ4n) is 1.66. The summed E-state index contributed by atoms with van der Waals surface area (Å²) in [6.45, 7) is 0.0800. The summed E-state index contributed by atoms with van der Waals surface area (Å²) in [5, 5.41) is 13.7. The molecule has 0 fully saturated rings. The van der Waals surface area contributed by atoms with Crippen molar-refractivity contribution in [3.05, 3.63) is 43.9 Å². The van der Waals surface area contributed by atoms with Crippen molar-refractivity contribution in [1.29, 1.82) is 0 Å². The number of halogens is 4. The van der Waals surface area contributed by atoms with Gasteiger partial charge in [-0.05, 0) is 12.1 Å². The first-order valence-corrected chi connectivity index (χ1v) is 8.64. The zero-order chi connectivity index (χ0) is 18.1. The molecule has 2 rings (SSSR count). The standard InChI is InChI=1S/C11H7ClF3N3O4S2/c12-10-17-5-6(23-10)4-16-8-2-1-7(3-9(8)18(19)20)24(21,22)11(13,14)15/h1-3,5,16H,4H2. The number of anilines is 1. The number of nitro benzene ring substituents is 1. The molecule has 0 aliphatic heterocycles. The minimum Gasteiger partial charge on any atom is -0.375 e. The van der Waals surface area contributed by atoms with E-state index in [4.69, 9.17) is 11.6 Å². The quantitative estimate of drug-likeness (QED) is 0.606. The van der Waals surface area contributed by atoms with E-state index in [0.29, 0.717) is 17.0 Å². The summed E-state index contributed by atoms with van der Waals surface area (Å²) < 4.78 is 60.5. The number of nitrogens with zero attached hydrogens (tertiary/aromatic N) is 2. The summed E-state index contributed by atoms with van der Waals surface area (Å²) in [7, 11) is -5.67. The fourth-order valence-corrected chi connectivity index (χ4v) is 3.36. The Morgan fingerprint density at radius 2 is 2.04 bits per heavy atom. The second-order valence-electron chi connectivity index (χ2n) is 4.32. The molecule has 13 heteroatoms. The van der Waals surface area contributed by atoms with Gasteiger partial charge >= 0.3 is 5.51 Å². The predicted molar refractivity (Wildman–Crippen MR) is 80.8 cm³/mol. The third-order valence-electron chi connectivity index (χ3n) is 2.76. The maximum atomic E-state index is 12.5. The van der Waals surface area contributed by atoms with E-state index in [-0.39, 0.29) is 16.7 Å². The number of alkyl halides is 3. The maximum Gasteiger partial charge on any atom is 0.501 e. The van der Waals surface area contributed by atoms with Gasteiger partial charge in [0, 0.05) is 17.1 Å². The minimum absolute atomic E-state index is 0.0800. The number of hydrogen-bond acceptors (Lipinski definition) is 7. The average molecular weight is 402 g/mol. The van der Waals surface area contributed by atoms with E-state index in [0.717, 1.165) is 17.4 Å². The zero-order valence-electron chi connectivity index (χ0n) is 11.4. The molecule has 24 heavy (non-hydrogen) atoms. The maximum absolute atomic E-state index is 12.5. The second-order valence-corrected chi connectivity index (χ2v) is 7.96. The molecule has 1 heterocycles. The molecule has 0 amide bonds. The average Bonchev–Trinajstić information content (AvgIpc) is 2.89. The molecule has 0 atom stereocenters. The van der Waals surface area contributed by atoms with Gasteiger partial charge in [-0.25, -0.2) is 13.4 Å². The molecule has 2 aromatic rings. The number of aromatic nitrogens is 1. The van der Waals surface area contributed by atoms with Gasteiger partial charge in [0.15, 0.2) is 4.47 Å². The van der Waals surface area contributed by atoms with Crippen LogP contribution in [0.15, 0.2) is 29.3 Å². The summed E-state index contributed by atoms with van der Waals surface area (Å²) in [6.07, 6.45) is 1.42. The van der Waals surface area contributed by atoms with Crippen LogP contribution in [0.2, 0.25) is 4.47 Å². The van der Waals surface area contributed by atoms with Gasteiger partial charge in [-0.15, -0.1) is 11.3 Å². The lowest BCUT2D eigenvalue weighted by molar-refractivity contribution is -0.384. The normalized spacial score (nSPS) is 12.2. The number of sulfone groups is 1. The second kappa shape index (κ2) is 6.53. The lowest BCUT2D eigenvalue weighted by Gasteiger charge is -2.10. The largest absolute Gasteiger partial charge is 0.501 e. The van der Waals surface area contributed by atoms with Gasteiger partial charge in [-0.2, -0.15) is 13.2 Å². The van der Waals surface area contributed by atoms with Crippen molar-refractivity contribution in [1.82, 2.24) is 4.98 Å². The van der Waals surface area contributed by atoms with Crippen molar-refractivity contribution in [2.24, 2.45) is 0 Å². The van der Waals surface area contributed by atoms with Crippen LogP contribution in [0.1, 0.15) is 4.88 Å². The molecule has 0 aliphatic carbocycles. The summed E-state index contributed by atoms with van der Waals surface area (Å²) >= 11 is 6.75. The Morgan fingerprint density at radius 3 is 2.54 bits per heavy atom. The van der Waals surface area contributed by atoms with Gasteiger partial charge < -0.3 is 5.32 Å². The SMILES string of the molecule is O=[N+]([O-])c1cc(S(=O)(=O)C(F)(F)F)ccc1NCc1cnc(Cl)s1. The molecule has 0 spiro atoms. The Bertz CT molecular complexity index is 883. The van der Waals surface area contributed by atoms with Crippen LogP contribution in [0.25, 0.3) is 0 Å². The molecular formula is C11H7ClF3N3O4S2. The van der Waals surface area contributed by atoms with E-state index in [1.54, 1.807) is 0 Å². The van der Waals surface area contributed by atoms with Crippen LogP contribution in [0.5, 0.6) is 0 Å². The highest BCUT2D eigenvalue weighted by molar-refractivity contribution is 7.92. The van der Waals surface area contributed by atoms with Gasteiger partial charge in [-0.1, -0.05) is 11.6 Å². The smallest absolute Gasteiger partial charge is 0.375 e. The third-order valence-corrected chi connectivity index (χ3v) is 5.36. The number of nitro groups is 1. The highest BCUT2D eigenvalue weighted by Gasteiger charge is 2.47. The summed E-state index contributed by atoms with van der Waals surface area (Å²) in [5.41, 5.74) is -6.48. The fraction of sp³-hybridized carbons (Fsp3) is 0.182. The lowest BCUT2D eigenvalue weighted by Crippen LogP contribution is -2.23. The Kier molecular flexibility index (Phi) is 5.01. The van der Waals surface area contributed by atoms with Gasteiger partial charge in [0.05, 0.1) is 16.4 Å². The van der Waals surface area contributed by atoms with Crippen LogP contribution in [0.4, 0.5) is 24.5 Å². The van der Waals surface area contributed by atoms with Crippen molar-refractivity contribution in [3.8, 4) is 0 Å². The van der Waals surface area contributed by atoms with Crippen molar-refractivity contribution in [2.45, 2.75) is 16.9 Å². The first-order chi connectivity index (χ1) is 11.0. The van der Waals surface area contributed by atoms with E-state index in [1.807, 2.05) is 0 Å². The molecular weight excluding hydrogens is 395 g/mol. The summed E-state index contributed by atoms with van der Waals surface area (Å²) in [5.74, 6) is 0. The van der Waals surface area contributed by atoms with E-state index < -0.39 is 30.9 Å². The van der Waals surface area contributed by atoms with Crippen LogP contribution in [0.3, 0.4) is 0 Å². The topological polar surface area (TPSA) is 102 Å². The summed E-state index contributed by atoms with van der Waals surface area (Å²) in [4.78, 5) is 13.2. The van der Waals surface area contributed by atoms with Crippen LogP contribution < -0.4 is 5.32 Å². The number of rotatable bonds is 5. The molecule has 1 aromatic heterocycles. The molecule has 1 N–H and O–H groups in total. The highest BCUT2D eigenvalue weighted by atomic mass is 35.5. The van der Waals surface area contributed by atoms with Crippen molar-refractivity contribution < 1.29 is 26.5 Å². The van der Waals surface area contributed by atoms with Gasteiger partial charge in [0.1, 0.15) is 5.69 Å². The van der Waals surface area contributed by atoms with Crippen LogP contribution in [0, 0.1) is 10.1 Å². The number of hydrogen-bond donors (Lipinski definition) is 1. The molecule has 0 unspecified atom stereocenters. The van der Waals surface area contributed by atoms with Crippen molar-refractivity contribution >= 4 is 44.1 Å². The molecule has 0 radical (unpaired) electrons. The number of benzene rings is 1. The molecule has 130 valence electrons. The van der Waals surface area contributed by atoms with Gasteiger partial charge in [0.2, 0.25) is 0 Å². The molecule has 1 aromatic carbocycles. The number of nitrogens with one attached hydrogen (secondary N) is 1. The molecule has 0 aliphatic rings. The molecule has 0 saturated heterocycles. The van der Waals surface area contributed by atoms with Crippen LogP contribution in [-0.4, -0.2) is 23.8 Å². The first kappa shape index (κ1) is 18.4. The van der Waals surface area contributed by atoms with Gasteiger partial charge in [0.25, 0.3) is 15.5 Å². The Labute approximate surface area is 142 Å². The number of thiazole rings is 1. The van der Waals surface area contributed by atoms with Crippen LogP contribution in [-0.2, 0) is 16.4 Å². The van der Waals surface area contributed by atoms with Gasteiger partial charge in [-0.3, -0.25) is 10.1 Å². The monoisotopic (exact) mass is 401 g/mol. The van der Waals surface area contributed by atoms with E-state index >= 15 is 0 Å². The predicted octanol–water partition coefficient (Wildman–Crippen LogP) is 3.61. The van der Waals surface area contributed by atoms with E-state index in [9.17, 15) is 31.7 Å². The van der Waals surface area contributed by atoms with Crippen LogP contribution >= 0.6 is 22.9 Å². The van der Waals surface area contributed by atoms with Crippen molar-refractivity contribution in [2.75, 3.05) is 5.32 Å². The third kappa shape index (κ3) is 3.76. The molecule has 0 saturated carbocycles. The van der Waals surface area contributed by atoms with Crippen molar-refractivity contribution in [3.63, 3.8) is 0 Å². The minimum atomic E-state index is -5.67. The summed E-state index contributed by atoms with van der Waals surface area (Å²) in [6, 6.07) is 1.92. The first-order valence-electron chi connectivity index (χ1n) is 5.96.